The maximum atomic E-state index is 10.8. The highest BCUT2D eigenvalue weighted by molar-refractivity contribution is 5.61. The third kappa shape index (κ3) is 3.57. The molecule has 1 saturated heterocycles. The number of ether oxygens (including phenoxy) is 2. The van der Waals surface area contributed by atoms with Gasteiger partial charge in [-0.2, -0.15) is 0 Å². The predicted molar refractivity (Wildman–Crippen MR) is 71.7 cm³/mol. The van der Waals surface area contributed by atoms with Gasteiger partial charge >= 0.3 is 0 Å². The maximum absolute atomic E-state index is 10.8. The highest BCUT2D eigenvalue weighted by atomic mass is 16.6. The summed E-state index contributed by atoms with van der Waals surface area (Å²) in [6.45, 7) is 2.30. The second-order valence-corrected chi connectivity index (χ2v) is 4.61. The van der Waals surface area contributed by atoms with Crippen molar-refractivity contribution in [1.29, 1.82) is 0 Å². The fourth-order valence-electron chi connectivity index (χ4n) is 2.17. The molecule has 104 valence electrons. The Hall–Kier alpha value is -1.82. The number of nitrogens with one attached hydrogen (secondary N) is 1. The van der Waals surface area contributed by atoms with E-state index in [4.69, 9.17) is 9.47 Å². The van der Waals surface area contributed by atoms with Crippen LogP contribution in [0.15, 0.2) is 18.2 Å². The van der Waals surface area contributed by atoms with E-state index in [9.17, 15) is 10.1 Å². The summed E-state index contributed by atoms with van der Waals surface area (Å²) < 4.78 is 10.6. The smallest absolute Gasteiger partial charge is 0.271 e. The first-order valence-electron chi connectivity index (χ1n) is 6.34. The average molecular weight is 266 g/mol. The van der Waals surface area contributed by atoms with Crippen LogP contribution in [0.4, 0.5) is 11.4 Å². The molecule has 0 bridgehead atoms. The van der Waals surface area contributed by atoms with Crippen LogP contribution in [0.5, 0.6) is 5.75 Å². The van der Waals surface area contributed by atoms with Gasteiger partial charge in [0.05, 0.1) is 24.3 Å². The number of anilines is 1. The normalized spacial score (nSPS) is 18.9. The predicted octanol–water partition coefficient (Wildman–Crippen LogP) is 2.44. The Balaban J connectivity index is 2.04. The molecule has 0 amide bonds. The minimum Gasteiger partial charge on any atom is -0.495 e. The molecule has 6 nitrogen and oxygen atoms in total. The van der Waals surface area contributed by atoms with E-state index in [1.165, 1.54) is 12.1 Å². The van der Waals surface area contributed by atoms with Gasteiger partial charge in [-0.3, -0.25) is 10.1 Å². The van der Waals surface area contributed by atoms with Gasteiger partial charge in [-0.05, 0) is 24.8 Å². The van der Waals surface area contributed by atoms with E-state index >= 15 is 0 Å². The fourth-order valence-corrected chi connectivity index (χ4v) is 2.17. The molecular formula is C13H18N2O4. The fraction of sp³-hybridized carbons (Fsp3) is 0.538. The molecule has 2 rings (SSSR count). The molecular weight excluding hydrogens is 248 g/mol. The van der Waals surface area contributed by atoms with E-state index in [0.29, 0.717) is 17.4 Å². The van der Waals surface area contributed by atoms with Gasteiger partial charge < -0.3 is 14.8 Å². The minimum absolute atomic E-state index is 0.0585. The van der Waals surface area contributed by atoms with Crippen LogP contribution in [0, 0.1) is 16.0 Å². The first-order chi connectivity index (χ1) is 9.20. The van der Waals surface area contributed by atoms with Gasteiger partial charge in [0.25, 0.3) is 5.69 Å². The topological polar surface area (TPSA) is 73.6 Å². The Morgan fingerprint density at radius 1 is 1.58 bits per heavy atom. The molecule has 1 unspecified atom stereocenters. The number of hydrogen-bond donors (Lipinski definition) is 1. The molecule has 1 aliphatic heterocycles. The summed E-state index contributed by atoms with van der Waals surface area (Å²) in [5.41, 5.74) is 0.713. The SMILES string of the molecule is COc1ccc([N+](=O)[O-])cc1NCC1CCCOC1. The van der Waals surface area contributed by atoms with Crippen molar-refractivity contribution in [3.63, 3.8) is 0 Å². The zero-order valence-electron chi connectivity index (χ0n) is 10.9. The van der Waals surface area contributed by atoms with Crippen LogP contribution in [0.2, 0.25) is 0 Å². The average Bonchev–Trinajstić information content (AvgIpc) is 2.45. The summed E-state index contributed by atoms with van der Waals surface area (Å²) in [5.74, 6) is 1.06. The molecule has 1 atom stereocenters. The van der Waals surface area contributed by atoms with Crippen LogP contribution in [0.3, 0.4) is 0 Å². The second-order valence-electron chi connectivity index (χ2n) is 4.61. The monoisotopic (exact) mass is 266 g/mol. The molecule has 0 saturated carbocycles. The molecule has 1 aromatic carbocycles. The Bertz CT molecular complexity index is 444. The maximum Gasteiger partial charge on any atom is 0.271 e. The van der Waals surface area contributed by atoms with Crippen LogP contribution in [-0.4, -0.2) is 31.8 Å². The molecule has 0 aromatic heterocycles. The van der Waals surface area contributed by atoms with Crippen LogP contribution in [0.25, 0.3) is 0 Å². The molecule has 1 aliphatic rings. The highest BCUT2D eigenvalue weighted by Crippen LogP contribution is 2.29. The number of hydrogen-bond acceptors (Lipinski definition) is 5. The standard InChI is InChI=1S/C13H18N2O4/c1-18-13-5-4-11(15(16)17)7-12(13)14-8-10-3-2-6-19-9-10/h4-5,7,10,14H,2-3,6,8-9H2,1H3. The molecule has 19 heavy (non-hydrogen) atoms. The van der Waals surface area contributed by atoms with E-state index in [1.807, 2.05) is 0 Å². The van der Waals surface area contributed by atoms with Gasteiger partial charge in [-0.15, -0.1) is 0 Å². The Labute approximate surface area is 111 Å². The van der Waals surface area contributed by atoms with Crippen molar-refractivity contribution in [3.8, 4) is 5.75 Å². The number of benzene rings is 1. The van der Waals surface area contributed by atoms with Crippen LogP contribution in [-0.2, 0) is 4.74 Å². The largest absolute Gasteiger partial charge is 0.495 e. The minimum atomic E-state index is -0.408. The number of nitro benzene ring substituents is 1. The number of nitro groups is 1. The lowest BCUT2D eigenvalue weighted by molar-refractivity contribution is -0.384. The van der Waals surface area contributed by atoms with E-state index in [2.05, 4.69) is 5.32 Å². The quantitative estimate of drug-likeness (QED) is 0.654. The van der Waals surface area contributed by atoms with Crippen LogP contribution in [0.1, 0.15) is 12.8 Å². The molecule has 0 radical (unpaired) electrons. The van der Waals surface area contributed by atoms with Gasteiger partial charge in [0.1, 0.15) is 5.75 Å². The zero-order valence-corrected chi connectivity index (χ0v) is 10.9. The van der Waals surface area contributed by atoms with Crippen LogP contribution >= 0.6 is 0 Å². The summed E-state index contributed by atoms with van der Waals surface area (Å²) in [5, 5.41) is 14.0. The first kappa shape index (κ1) is 13.6. The Kier molecular flexibility index (Phi) is 4.57. The van der Waals surface area contributed by atoms with E-state index in [1.54, 1.807) is 13.2 Å². The van der Waals surface area contributed by atoms with Crippen molar-refractivity contribution >= 4 is 11.4 Å². The van der Waals surface area contributed by atoms with Crippen molar-refractivity contribution < 1.29 is 14.4 Å². The Morgan fingerprint density at radius 2 is 2.42 bits per heavy atom. The number of nitrogens with zero attached hydrogens (tertiary/aromatic N) is 1. The molecule has 1 N–H and O–H groups in total. The van der Waals surface area contributed by atoms with E-state index in [-0.39, 0.29) is 5.69 Å². The van der Waals surface area contributed by atoms with Crippen molar-refractivity contribution in [2.75, 3.05) is 32.2 Å². The van der Waals surface area contributed by atoms with Gasteiger partial charge in [-0.25, -0.2) is 0 Å². The number of non-ortho nitro benzene ring substituents is 1. The summed E-state index contributed by atoms with van der Waals surface area (Å²) in [6.07, 6.45) is 2.18. The zero-order chi connectivity index (χ0) is 13.7. The third-order valence-corrected chi connectivity index (χ3v) is 3.23. The lowest BCUT2D eigenvalue weighted by atomic mass is 10.0. The van der Waals surface area contributed by atoms with E-state index < -0.39 is 4.92 Å². The molecule has 1 fully saturated rings. The van der Waals surface area contributed by atoms with Crippen molar-refractivity contribution in [1.82, 2.24) is 0 Å². The summed E-state index contributed by atoms with van der Waals surface area (Å²) in [6, 6.07) is 4.55. The lowest BCUT2D eigenvalue weighted by Crippen LogP contribution is -2.24. The number of rotatable bonds is 5. The van der Waals surface area contributed by atoms with Crippen molar-refractivity contribution in [2.45, 2.75) is 12.8 Å². The van der Waals surface area contributed by atoms with Gasteiger partial charge in [0.2, 0.25) is 0 Å². The summed E-state index contributed by atoms with van der Waals surface area (Å²) in [7, 11) is 1.55. The third-order valence-electron chi connectivity index (χ3n) is 3.23. The van der Waals surface area contributed by atoms with Crippen molar-refractivity contribution in [2.24, 2.45) is 5.92 Å². The molecule has 0 aliphatic carbocycles. The van der Waals surface area contributed by atoms with Crippen LogP contribution < -0.4 is 10.1 Å². The van der Waals surface area contributed by atoms with E-state index in [0.717, 1.165) is 32.6 Å². The van der Waals surface area contributed by atoms with Gasteiger partial charge in [0.15, 0.2) is 0 Å². The molecule has 1 heterocycles. The summed E-state index contributed by atoms with van der Waals surface area (Å²) in [4.78, 5) is 10.4. The lowest BCUT2D eigenvalue weighted by Gasteiger charge is -2.23. The highest BCUT2D eigenvalue weighted by Gasteiger charge is 2.16. The molecule has 6 heteroatoms. The molecule has 0 spiro atoms. The number of methoxy groups -OCH3 is 1. The Morgan fingerprint density at radius 3 is 3.05 bits per heavy atom. The second kappa shape index (κ2) is 6.38. The van der Waals surface area contributed by atoms with Gasteiger partial charge in [0, 0.05) is 25.3 Å². The van der Waals surface area contributed by atoms with Gasteiger partial charge in [-0.1, -0.05) is 0 Å². The molecule has 1 aromatic rings. The first-order valence-corrected chi connectivity index (χ1v) is 6.34. The van der Waals surface area contributed by atoms with Crippen molar-refractivity contribution in [3.05, 3.63) is 28.3 Å². The summed E-state index contributed by atoms with van der Waals surface area (Å²) >= 11 is 0.